The van der Waals surface area contributed by atoms with E-state index in [0.717, 1.165) is 5.41 Å². The lowest BCUT2D eigenvalue weighted by Crippen LogP contribution is -3.00. The standard InChI is InChI=1S/C11H14.C11H18.2C10H16.C9H14.C8H8.2C7H10.C5H10/c1-4-5-2-9-8(1)10-6(4)3-7(5)11(9)10;1-2-4-10-9-5-6-11(10)8(3-1)7-9;1-7-2-9-4-8(1)5-10(3-7)6-9;1-2-9-6-8-3-5-10(9,4-1)7-8;1-6-2-8-4-7(1)5-9(8)3-6;1-2-5-3(1)7-4(1)6(2)8(5)7;1-4-2-6-5(1)7(6)3-4;1-2-4-6-5(3-1)7(4)6;1-2-4-5-3-1/h4-11H,1-3H2;8-11H,1-7H2;7-10H,1-6H2;8-9H,1-7H2;6-9H,1-5H2;1-8H;2*4-7H,1-3H2;1-5H2. The van der Waals surface area contributed by atoms with E-state index in [1.165, 1.54) is 257 Å². The summed E-state index contributed by atoms with van der Waals surface area (Å²) in [6.07, 6.45) is 62.0. The first-order valence-electron chi connectivity index (χ1n) is 38.5. The first kappa shape index (κ1) is 48.2. The van der Waals surface area contributed by atoms with Crippen LogP contribution in [0.25, 0.3) is 0 Å². The van der Waals surface area contributed by atoms with Crippen LogP contribution < -0.4 is 0 Å². The van der Waals surface area contributed by atoms with Crippen molar-refractivity contribution in [3.05, 3.63) is 0 Å². The molecule has 0 heteroatoms. The average molecular weight is 1050 g/mol. The van der Waals surface area contributed by atoms with Crippen LogP contribution in [-0.4, -0.2) is 0 Å². The van der Waals surface area contributed by atoms with E-state index >= 15 is 0 Å². The van der Waals surface area contributed by atoms with E-state index in [2.05, 4.69) is 0 Å². The van der Waals surface area contributed by atoms with E-state index < -0.39 is 0 Å². The minimum absolute atomic E-state index is 0.921. The molecule has 428 valence electrons. The molecule has 22 bridgehead atoms. The van der Waals surface area contributed by atoms with Crippen LogP contribution in [0.3, 0.4) is 0 Å². The second-order valence-corrected chi connectivity index (χ2v) is 38.3. The zero-order valence-corrected chi connectivity index (χ0v) is 50.0. The summed E-state index contributed by atoms with van der Waals surface area (Å²) in [7, 11) is 0. The summed E-state index contributed by atoms with van der Waals surface area (Å²) in [6.45, 7) is 0. The van der Waals surface area contributed by atoms with Gasteiger partial charge >= 0.3 is 0 Å². The maximum atomic E-state index is 1.68. The second-order valence-electron chi connectivity index (χ2n) is 38.3. The van der Waals surface area contributed by atoms with Crippen molar-refractivity contribution in [1.29, 1.82) is 0 Å². The van der Waals surface area contributed by atoms with Gasteiger partial charge < -0.3 is 0 Å². The number of rotatable bonds is 0. The Hall–Kier alpha value is 0. The van der Waals surface area contributed by atoms with Crippen molar-refractivity contribution in [2.24, 2.45) is 230 Å². The van der Waals surface area contributed by atoms with E-state index in [1.807, 2.05) is 0 Å². The molecule has 34 saturated carbocycles. The summed E-state index contributed by atoms with van der Waals surface area (Å²) < 4.78 is 0. The van der Waals surface area contributed by atoms with Crippen molar-refractivity contribution in [3.63, 3.8) is 0 Å². The zero-order chi connectivity index (χ0) is 50.0. The highest BCUT2D eigenvalue weighted by Gasteiger charge is 2.97. The third-order valence-corrected chi connectivity index (χ3v) is 36.3. The third kappa shape index (κ3) is 6.90. The molecule has 34 fully saturated rings. The van der Waals surface area contributed by atoms with Crippen LogP contribution in [0.4, 0.5) is 0 Å². The van der Waals surface area contributed by atoms with E-state index in [1.54, 1.807) is 218 Å². The lowest BCUT2D eigenvalue weighted by atomic mass is 9.01. The van der Waals surface area contributed by atoms with Gasteiger partial charge in [0.25, 0.3) is 0 Å². The van der Waals surface area contributed by atoms with Crippen LogP contribution in [0.2, 0.25) is 0 Å². The molecule has 0 aromatic rings. The van der Waals surface area contributed by atoms with Gasteiger partial charge in [-0.2, -0.15) is 0 Å². The molecule has 0 aromatic carbocycles. The largest absolute Gasteiger partial charge is 0.0533 e. The van der Waals surface area contributed by atoms with Crippen molar-refractivity contribution in [2.45, 2.75) is 250 Å². The molecular weight excluding hydrogens is 937 g/mol. The quantitative estimate of drug-likeness (QED) is 0.227. The van der Waals surface area contributed by atoms with Crippen molar-refractivity contribution in [2.75, 3.05) is 0 Å². The molecule has 1 spiro atoms. The molecule has 0 amide bonds. The molecule has 34 rings (SSSR count). The predicted octanol–water partition coefficient (Wildman–Crippen LogP) is 19.9. The van der Waals surface area contributed by atoms with Crippen molar-refractivity contribution < 1.29 is 0 Å². The summed E-state index contributed by atoms with van der Waals surface area (Å²) in [6, 6.07) is 0. The summed E-state index contributed by atoms with van der Waals surface area (Å²) in [5, 5.41) is 0. The predicted molar refractivity (Wildman–Crippen MR) is 315 cm³/mol. The van der Waals surface area contributed by atoms with Gasteiger partial charge in [0.15, 0.2) is 0 Å². The van der Waals surface area contributed by atoms with E-state index in [0.29, 0.717) is 0 Å². The van der Waals surface area contributed by atoms with Crippen LogP contribution in [0.1, 0.15) is 250 Å². The molecule has 34 aliphatic rings. The molecule has 0 aliphatic heterocycles. The molecule has 15 atom stereocenters. The molecule has 0 saturated heterocycles. The summed E-state index contributed by atoms with van der Waals surface area (Å²) >= 11 is 0. The average Bonchev–Trinajstić information content (AvgIpc) is 0.965. The van der Waals surface area contributed by atoms with E-state index in [-0.39, 0.29) is 0 Å². The molecule has 0 radical (unpaired) electrons. The Morgan fingerprint density at radius 2 is 0.577 bits per heavy atom. The SMILES string of the molecule is C12C3C4C1C1C2C3C41.C1C2C3CC4C5CC3C1C5C24.C1C2CC3C1C3C2.C1C2CC3CC1CC(C2)C3.C1C2CC3CC1CC3C2.C1CC2C3C(C1)C23.C1CC2CC3CCC2(C1)C3.C1CCC2C3CCC2C(C1)C3.C1CCCC1. The topological polar surface area (TPSA) is 0 Å². The maximum Gasteiger partial charge on any atom is -0.0266 e. The Balaban J connectivity index is 0.0000000634. The highest BCUT2D eigenvalue weighted by molar-refractivity contribution is 5.44. The third-order valence-electron chi connectivity index (χ3n) is 36.3. The summed E-state index contributed by atoms with van der Waals surface area (Å²) in [5.74, 6) is 47.5. The second kappa shape index (κ2) is 17.6. The van der Waals surface area contributed by atoms with Crippen molar-refractivity contribution in [3.8, 4) is 0 Å². The number of fused-ring (bicyclic) bond motifs is 5. The molecule has 0 aromatic heterocycles. The Kier molecular flexibility index (Phi) is 10.9. The minimum Gasteiger partial charge on any atom is -0.0533 e. The van der Waals surface area contributed by atoms with E-state index in [9.17, 15) is 0 Å². The Labute approximate surface area is 478 Å². The fourth-order valence-electron chi connectivity index (χ4n) is 34.2. The van der Waals surface area contributed by atoms with Gasteiger partial charge in [-0.15, -0.1) is 0 Å². The smallest absolute Gasteiger partial charge is 0.0266 e. The van der Waals surface area contributed by atoms with Crippen LogP contribution in [0, 0.1) is 230 Å². The van der Waals surface area contributed by atoms with Gasteiger partial charge in [-0.3, -0.25) is 0 Å². The van der Waals surface area contributed by atoms with Crippen LogP contribution in [-0.2, 0) is 0 Å². The highest BCUT2D eigenvalue weighted by atomic mass is 15.0. The first-order valence-corrected chi connectivity index (χ1v) is 38.5. The van der Waals surface area contributed by atoms with Gasteiger partial charge in [-0.1, -0.05) is 64.2 Å². The zero-order valence-electron chi connectivity index (χ0n) is 50.0. The van der Waals surface area contributed by atoms with Gasteiger partial charge in [0.1, 0.15) is 0 Å². The molecule has 0 heterocycles. The maximum absolute atomic E-state index is 1.68. The van der Waals surface area contributed by atoms with Gasteiger partial charge in [-0.05, 0) is 416 Å². The van der Waals surface area contributed by atoms with Crippen molar-refractivity contribution >= 4 is 0 Å². The molecular formula is C78H116. The molecule has 15 unspecified atom stereocenters. The fourth-order valence-corrected chi connectivity index (χ4v) is 34.2. The molecule has 34 aliphatic carbocycles. The molecule has 78 heavy (non-hydrogen) atoms. The van der Waals surface area contributed by atoms with Gasteiger partial charge in [0, 0.05) is 0 Å². The van der Waals surface area contributed by atoms with Crippen molar-refractivity contribution in [1.82, 2.24) is 0 Å². The molecule has 0 nitrogen and oxygen atoms in total. The Bertz CT molecular complexity index is 1980. The lowest BCUT2D eigenvalue weighted by molar-refractivity contribution is -0.565. The minimum atomic E-state index is 0.921. The lowest BCUT2D eigenvalue weighted by Gasteiger charge is -3.03. The number of hydrogen-bond acceptors (Lipinski definition) is 0. The van der Waals surface area contributed by atoms with Gasteiger partial charge in [0.2, 0.25) is 0 Å². The highest BCUT2D eigenvalue weighted by Crippen LogP contribution is 3.01. The normalized spacial score (nSPS) is 67.1. The Morgan fingerprint density at radius 3 is 1.01 bits per heavy atom. The van der Waals surface area contributed by atoms with Gasteiger partial charge in [0.05, 0.1) is 0 Å². The van der Waals surface area contributed by atoms with E-state index in [4.69, 9.17) is 0 Å². The summed E-state index contributed by atoms with van der Waals surface area (Å²) in [4.78, 5) is 0. The van der Waals surface area contributed by atoms with Crippen LogP contribution >= 0.6 is 0 Å². The summed E-state index contributed by atoms with van der Waals surface area (Å²) in [5.41, 5.74) is 0.921. The monoisotopic (exact) mass is 1050 g/mol. The molecule has 0 N–H and O–H groups in total. The number of hydrogen-bond donors (Lipinski definition) is 0. The fraction of sp³-hybridized carbons (Fsp3) is 1.00. The Morgan fingerprint density at radius 1 is 0.179 bits per heavy atom. The first-order chi connectivity index (χ1) is 38.5. The van der Waals surface area contributed by atoms with Gasteiger partial charge in [-0.25, -0.2) is 0 Å². The van der Waals surface area contributed by atoms with Crippen LogP contribution in [0.15, 0.2) is 0 Å². The van der Waals surface area contributed by atoms with Crippen LogP contribution in [0.5, 0.6) is 0 Å².